The summed E-state index contributed by atoms with van der Waals surface area (Å²) >= 11 is 0. The Balaban J connectivity index is 1.97. The first kappa shape index (κ1) is 13.7. The lowest BCUT2D eigenvalue weighted by atomic mass is 10.1. The molecular weight excluding hydrogens is 259 g/mol. The summed E-state index contributed by atoms with van der Waals surface area (Å²) in [4.78, 5) is 22.8. The van der Waals surface area contributed by atoms with Gasteiger partial charge in [0.15, 0.2) is 5.78 Å². The Bertz CT molecular complexity index is 621. The number of Topliss-reactive ketones (excluding diaryl/α,β-unsaturated/α-hetero) is 1. The van der Waals surface area contributed by atoms with Crippen LogP contribution in [0.15, 0.2) is 48.5 Å². The molecule has 0 aliphatic heterocycles. The molecule has 0 heterocycles. The van der Waals surface area contributed by atoms with E-state index in [0.717, 1.165) is 0 Å². The van der Waals surface area contributed by atoms with Crippen LogP contribution in [0.1, 0.15) is 17.3 Å². The van der Waals surface area contributed by atoms with Crippen molar-refractivity contribution in [1.82, 2.24) is 0 Å². The maximum atomic E-state index is 12.7. The van der Waals surface area contributed by atoms with Crippen LogP contribution in [0.3, 0.4) is 0 Å². The second-order valence-corrected chi connectivity index (χ2v) is 4.22. The molecule has 0 fully saturated rings. The topological polar surface area (TPSA) is 58.2 Å². The maximum Gasteiger partial charge on any atom is 0.323 e. The van der Waals surface area contributed by atoms with E-state index in [4.69, 9.17) is 0 Å². The first-order valence-corrected chi connectivity index (χ1v) is 5.99. The number of rotatable bonds is 3. The molecule has 0 unspecified atom stereocenters. The van der Waals surface area contributed by atoms with Crippen LogP contribution in [0.4, 0.5) is 20.6 Å². The number of anilines is 2. The molecule has 0 aliphatic carbocycles. The van der Waals surface area contributed by atoms with Gasteiger partial charge in [0, 0.05) is 16.9 Å². The Labute approximate surface area is 115 Å². The van der Waals surface area contributed by atoms with Crippen LogP contribution in [-0.2, 0) is 0 Å². The lowest BCUT2D eigenvalue weighted by molar-refractivity contribution is 0.101. The van der Waals surface area contributed by atoms with Gasteiger partial charge in [0.05, 0.1) is 0 Å². The van der Waals surface area contributed by atoms with Crippen molar-refractivity contribution in [3.63, 3.8) is 0 Å². The van der Waals surface area contributed by atoms with E-state index >= 15 is 0 Å². The van der Waals surface area contributed by atoms with Gasteiger partial charge in [-0.25, -0.2) is 9.18 Å². The fourth-order valence-electron chi connectivity index (χ4n) is 1.61. The lowest BCUT2D eigenvalue weighted by Gasteiger charge is -2.08. The Morgan fingerprint density at radius 1 is 0.850 bits per heavy atom. The highest BCUT2D eigenvalue weighted by atomic mass is 19.1. The average Bonchev–Trinajstić information content (AvgIpc) is 2.42. The van der Waals surface area contributed by atoms with Gasteiger partial charge in [-0.15, -0.1) is 0 Å². The lowest BCUT2D eigenvalue weighted by Crippen LogP contribution is -2.19. The van der Waals surface area contributed by atoms with E-state index in [-0.39, 0.29) is 11.6 Å². The van der Waals surface area contributed by atoms with Crippen molar-refractivity contribution < 1.29 is 14.0 Å². The molecule has 2 aromatic rings. The van der Waals surface area contributed by atoms with Crippen LogP contribution in [-0.4, -0.2) is 11.8 Å². The number of carbonyl (C=O) groups is 2. The molecule has 0 atom stereocenters. The number of nitrogens with one attached hydrogen (secondary N) is 2. The van der Waals surface area contributed by atoms with Crippen molar-refractivity contribution in [2.45, 2.75) is 6.92 Å². The summed E-state index contributed by atoms with van der Waals surface area (Å²) < 4.78 is 12.7. The van der Waals surface area contributed by atoms with Gasteiger partial charge in [-0.2, -0.15) is 0 Å². The molecule has 0 bridgehead atoms. The zero-order valence-corrected chi connectivity index (χ0v) is 10.8. The standard InChI is InChI=1S/C15H13FN2O2/c1-10(19)11-2-6-13(7-3-11)17-15(20)18-14-8-4-12(16)5-9-14/h2-9H,1H3,(H2,17,18,20). The van der Waals surface area contributed by atoms with Gasteiger partial charge in [0.2, 0.25) is 0 Å². The minimum Gasteiger partial charge on any atom is -0.308 e. The van der Waals surface area contributed by atoms with Gasteiger partial charge in [-0.05, 0) is 55.5 Å². The SMILES string of the molecule is CC(=O)c1ccc(NC(=O)Nc2ccc(F)cc2)cc1. The number of urea groups is 1. The monoisotopic (exact) mass is 272 g/mol. The molecule has 2 amide bonds. The Kier molecular flexibility index (Phi) is 4.10. The van der Waals surface area contributed by atoms with Crippen LogP contribution in [0.2, 0.25) is 0 Å². The molecule has 0 radical (unpaired) electrons. The van der Waals surface area contributed by atoms with Crippen LogP contribution < -0.4 is 10.6 Å². The number of hydrogen-bond acceptors (Lipinski definition) is 2. The largest absolute Gasteiger partial charge is 0.323 e. The third-order valence-electron chi connectivity index (χ3n) is 2.65. The van der Waals surface area contributed by atoms with E-state index in [2.05, 4.69) is 10.6 Å². The van der Waals surface area contributed by atoms with Crippen LogP contribution in [0.5, 0.6) is 0 Å². The summed E-state index contributed by atoms with van der Waals surface area (Å²) in [6.45, 7) is 1.48. The van der Waals surface area contributed by atoms with Crippen molar-refractivity contribution in [3.05, 3.63) is 59.9 Å². The third-order valence-corrected chi connectivity index (χ3v) is 2.65. The second-order valence-electron chi connectivity index (χ2n) is 4.22. The van der Waals surface area contributed by atoms with Crippen molar-refractivity contribution >= 4 is 23.2 Å². The van der Waals surface area contributed by atoms with Crippen molar-refractivity contribution in [2.24, 2.45) is 0 Å². The molecule has 2 aromatic carbocycles. The van der Waals surface area contributed by atoms with E-state index in [0.29, 0.717) is 16.9 Å². The molecular formula is C15H13FN2O2. The zero-order valence-electron chi connectivity index (χ0n) is 10.8. The minimum absolute atomic E-state index is 0.0349. The van der Waals surface area contributed by atoms with E-state index < -0.39 is 6.03 Å². The predicted molar refractivity (Wildman–Crippen MR) is 75.5 cm³/mol. The fourth-order valence-corrected chi connectivity index (χ4v) is 1.61. The minimum atomic E-state index is -0.438. The van der Waals surface area contributed by atoms with Crippen LogP contribution in [0, 0.1) is 5.82 Å². The molecule has 2 N–H and O–H groups in total. The second kappa shape index (κ2) is 5.97. The van der Waals surface area contributed by atoms with Gasteiger partial charge in [-0.3, -0.25) is 4.79 Å². The summed E-state index contributed by atoms with van der Waals surface area (Å²) in [7, 11) is 0. The van der Waals surface area contributed by atoms with Crippen molar-refractivity contribution in [3.8, 4) is 0 Å². The summed E-state index contributed by atoms with van der Waals surface area (Å²) in [6, 6.07) is 11.6. The first-order valence-electron chi connectivity index (χ1n) is 5.99. The molecule has 2 rings (SSSR count). The van der Waals surface area contributed by atoms with E-state index in [1.165, 1.54) is 31.2 Å². The Morgan fingerprint density at radius 3 is 1.75 bits per heavy atom. The average molecular weight is 272 g/mol. The summed E-state index contributed by atoms with van der Waals surface area (Å²) in [5.41, 5.74) is 1.63. The molecule has 102 valence electrons. The first-order chi connectivity index (χ1) is 9.54. The number of amides is 2. The van der Waals surface area contributed by atoms with Gasteiger partial charge < -0.3 is 10.6 Å². The highest BCUT2D eigenvalue weighted by Crippen LogP contribution is 2.12. The molecule has 0 saturated carbocycles. The van der Waals surface area contributed by atoms with Crippen molar-refractivity contribution in [1.29, 1.82) is 0 Å². The number of ketones is 1. The van der Waals surface area contributed by atoms with E-state index in [1.54, 1.807) is 24.3 Å². The molecule has 20 heavy (non-hydrogen) atoms. The Morgan fingerprint density at radius 2 is 1.30 bits per heavy atom. The fraction of sp³-hybridized carbons (Fsp3) is 0.0667. The normalized spacial score (nSPS) is 9.90. The third kappa shape index (κ3) is 3.65. The Hall–Kier alpha value is -2.69. The van der Waals surface area contributed by atoms with E-state index in [1.807, 2.05) is 0 Å². The van der Waals surface area contributed by atoms with Gasteiger partial charge in [0.25, 0.3) is 0 Å². The van der Waals surface area contributed by atoms with Crippen LogP contribution in [0.25, 0.3) is 0 Å². The molecule has 0 saturated heterocycles. The molecule has 4 nitrogen and oxygen atoms in total. The molecule has 5 heteroatoms. The van der Waals surface area contributed by atoms with E-state index in [9.17, 15) is 14.0 Å². The highest BCUT2D eigenvalue weighted by molar-refractivity contribution is 6.00. The number of halogens is 1. The highest BCUT2D eigenvalue weighted by Gasteiger charge is 2.04. The quantitative estimate of drug-likeness (QED) is 0.837. The smallest absolute Gasteiger partial charge is 0.308 e. The van der Waals surface area contributed by atoms with Gasteiger partial charge in [0.1, 0.15) is 5.82 Å². The number of benzene rings is 2. The van der Waals surface area contributed by atoms with Crippen molar-refractivity contribution in [2.75, 3.05) is 10.6 Å². The van der Waals surface area contributed by atoms with Gasteiger partial charge in [-0.1, -0.05) is 0 Å². The molecule has 0 aliphatic rings. The summed E-state index contributed by atoms with van der Waals surface area (Å²) in [5.74, 6) is -0.400. The van der Waals surface area contributed by atoms with Gasteiger partial charge >= 0.3 is 6.03 Å². The number of hydrogen-bond donors (Lipinski definition) is 2. The molecule has 0 spiro atoms. The summed E-state index contributed by atoms with van der Waals surface area (Å²) in [5, 5.41) is 5.19. The van der Waals surface area contributed by atoms with Crippen LogP contribution >= 0.6 is 0 Å². The zero-order chi connectivity index (χ0) is 14.5. The maximum absolute atomic E-state index is 12.7. The predicted octanol–water partition coefficient (Wildman–Crippen LogP) is 3.67. The molecule has 0 aromatic heterocycles. The summed E-state index contributed by atoms with van der Waals surface area (Å²) in [6.07, 6.45) is 0. The number of carbonyl (C=O) groups excluding carboxylic acids is 2.